The summed E-state index contributed by atoms with van der Waals surface area (Å²) in [5, 5.41) is 3.27. The van der Waals surface area contributed by atoms with Crippen molar-refractivity contribution >= 4 is 17.6 Å². The number of pyridine rings is 1. The van der Waals surface area contributed by atoms with Gasteiger partial charge in [0, 0.05) is 31.4 Å². The Morgan fingerprint density at radius 1 is 1.53 bits per heavy atom. The van der Waals surface area contributed by atoms with Crippen LogP contribution in [0.1, 0.15) is 24.9 Å². The van der Waals surface area contributed by atoms with Gasteiger partial charge < -0.3 is 10.2 Å². The summed E-state index contributed by atoms with van der Waals surface area (Å²) in [6.07, 6.45) is 5.21. The van der Waals surface area contributed by atoms with Crippen LogP contribution in [-0.4, -0.2) is 37.6 Å². The highest BCUT2D eigenvalue weighted by Gasteiger charge is 2.12. The average molecular weight is 253 g/mol. The average Bonchev–Trinajstić information content (AvgIpc) is 2.38. The maximum absolute atomic E-state index is 4.51. The fourth-order valence-electron chi connectivity index (χ4n) is 1.77. The Hall–Kier alpha value is -0.740. The first kappa shape index (κ1) is 14.3. The van der Waals surface area contributed by atoms with Gasteiger partial charge in [-0.25, -0.2) is 4.98 Å². The first-order valence-electron chi connectivity index (χ1n) is 6.03. The molecule has 1 aromatic rings. The minimum absolute atomic E-state index is 0.335. The molecule has 0 aromatic carbocycles. The van der Waals surface area contributed by atoms with Crippen LogP contribution in [0.3, 0.4) is 0 Å². The summed E-state index contributed by atoms with van der Waals surface area (Å²) < 4.78 is 0. The van der Waals surface area contributed by atoms with E-state index in [-0.39, 0.29) is 0 Å². The van der Waals surface area contributed by atoms with E-state index in [1.54, 1.807) is 0 Å². The largest absolute Gasteiger partial charge is 0.359 e. The van der Waals surface area contributed by atoms with Crippen molar-refractivity contribution in [3.05, 3.63) is 23.9 Å². The molecule has 3 nitrogen and oxygen atoms in total. The number of aromatic nitrogens is 1. The van der Waals surface area contributed by atoms with Crippen LogP contribution in [0.25, 0.3) is 0 Å². The third-order valence-corrected chi connectivity index (χ3v) is 3.62. The smallest absolute Gasteiger partial charge is 0.133 e. The summed E-state index contributed by atoms with van der Waals surface area (Å²) in [7, 11) is 4.10. The molecule has 0 saturated carbocycles. The van der Waals surface area contributed by atoms with E-state index >= 15 is 0 Å². The van der Waals surface area contributed by atoms with Crippen LogP contribution in [0.15, 0.2) is 18.3 Å². The van der Waals surface area contributed by atoms with Gasteiger partial charge in [-0.3, -0.25) is 0 Å². The van der Waals surface area contributed by atoms with Crippen molar-refractivity contribution in [1.82, 2.24) is 10.3 Å². The molecule has 1 N–H and O–H groups in total. The van der Waals surface area contributed by atoms with Gasteiger partial charge in [0.05, 0.1) is 0 Å². The third-order valence-electron chi connectivity index (χ3n) is 2.92. The lowest BCUT2D eigenvalue weighted by Gasteiger charge is -2.23. The summed E-state index contributed by atoms with van der Waals surface area (Å²) in [5.41, 5.74) is 1.27. The summed E-state index contributed by atoms with van der Waals surface area (Å²) in [4.78, 5) is 6.75. The molecule has 0 aliphatic rings. The molecular weight excluding hydrogens is 230 g/mol. The van der Waals surface area contributed by atoms with Gasteiger partial charge in [-0.05, 0) is 38.5 Å². The Kier molecular flexibility index (Phi) is 6.37. The number of thioether (sulfide) groups is 1. The van der Waals surface area contributed by atoms with E-state index in [1.165, 1.54) is 17.7 Å². The van der Waals surface area contributed by atoms with Crippen molar-refractivity contribution in [3.8, 4) is 0 Å². The number of anilines is 1. The number of hydrogen-bond donors (Lipinski definition) is 1. The summed E-state index contributed by atoms with van der Waals surface area (Å²) in [6.45, 7) is 3.22. The fraction of sp³-hybridized carbons (Fsp3) is 0.615. The lowest BCUT2D eigenvalue weighted by atomic mass is 10.1. The molecule has 0 bridgehead atoms. The van der Waals surface area contributed by atoms with Crippen LogP contribution >= 0.6 is 11.8 Å². The van der Waals surface area contributed by atoms with Crippen LogP contribution in [0.5, 0.6) is 0 Å². The molecule has 1 unspecified atom stereocenters. The van der Waals surface area contributed by atoms with Crippen LogP contribution in [0.4, 0.5) is 5.82 Å². The van der Waals surface area contributed by atoms with E-state index in [0.717, 1.165) is 12.4 Å². The van der Waals surface area contributed by atoms with E-state index in [2.05, 4.69) is 41.5 Å². The molecule has 0 amide bonds. The number of nitrogens with zero attached hydrogens (tertiary/aromatic N) is 2. The Morgan fingerprint density at radius 2 is 2.29 bits per heavy atom. The predicted molar refractivity (Wildman–Crippen MR) is 78.0 cm³/mol. The predicted octanol–water partition coefficient (Wildman–Crippen LogP) is 2.55. The molecule has 0 spiro atoms. The second-order valence-corrected chi connectivity index (χ2v) is 5.18. The Labute approximate surface area is 109 Å². The van der Waals surface area contributed by atoms with Crippen LogP contribution < -0.4 is 10.2 Å². The maximum atomic E-state index is 4.51. The first-order valence-corrected chi connectivity index (χ1v) is 7.42. The van der Waals surface area contributed by atoms with Gasteiger partial charge in [-0.15, -0.1) is 0 Å². The molecule has 0 saturated heterocycles. The highest BCUT2D eigenvalue weighted by molar-refractivity contribution is 7.98. The number of rotatable bonds is 7. The fourth-order valence-corrected chi connectivity index (χ4v) is 2.19. The monoisotopic (exact) mass is 253 g/mol. The molecule has 0 fully saturated rings. The molecule has 1 rings (SSSR count). The molecule has 17 heavy (non-hydrogen) atoms. The molecular formula is C13H23N3S. The molecule has 4 heteroatoms. The molecule has 96 valence electrons. The molecule has 1 heterocycles. The Bertz CT molecular complexity index is 330. The van der Waals surface area contributed by atoms with E-state index in [1.807, 2.05) is 31.1 Å². The highest BCUT2D eigenvalue weighted by atomic mass is 32.2. The van der Waals surface area contributed by atoms with Crippen molar-refractivity contribution in [2.45, 2.75) is 19.4 Å². The highest BCUT2D eigenvalue weighted by Crippen LogP contribution is 2.22. The summed E-state index contributed by atoms with van der Waals surface area (Å²) >= 11 is 1.89. The quantitative estimate of drug-likeness (QED) is 0.756. The van der Waals surface area contributed by atoms with Crippen LogP contribution in [-0.2, 0) is 0 Å². The third kappa shape index (κ3) is 4.21. The van der Waals surface area contributed by atoms with Crippen LogP contribution in [0, 0.1) is 0 Å². The first-order chi connectivity index (χ1) is 8.20. The van der Waals surface area contributed by atoms with E-state index in [4.69, 9.17) is 0 Å². The maximum Gasteiger partial charge on any atom is 0.133 e. The minimum atomic E-state index is 0.335. The molecule has 0 aliphatic carbocycles. The lowest BCUT2D eigenvalue weighted by Crippen LogP contribution is -2.24. The van der Waals surface area contributed by atoms with Crippen LogP contribution in [0.2, 0.25) is 0 Å². The normalized spacial score (nSPS) is 12.5. The number of nitrogens with one attached hydrogen (secondary N) is 1. The zero-order valence-electron chi connectivity index (χ0n) is 11.2. The van der Waals surface area contributed by atoms with Crippen molar-refractivity contribution in [3.63, 3.8) is 0 Å². The van der Waals surface area contributed by atoms with E-state index < -0.39 is 0 Å². The zero-order valence-corrected chi connectivity index (χ0v) is 12.0. The minimum Gasteiger partial charge on any atom is -0.359 e. The lowest BCUT2D eigenvalue weighted by molar-refractivity contribution is 0.645. The van der Waals surface area contributed by atoms with Crippen molar-refractivity contribution < 1.29 is 0 Å². The van der Waals surface area contributed by atoms with Gasteiger partial charge in [0.1, 0.15) is 5.82 Å². The van der Waals surface area contributed by atoms with Gasteiger partial charge in [-0.1, -0.05) is 6.07 Å². The van der Waals surface area contributed by atoms with Gasteiger partial charge >= 0.3 is 0 Å². The van der Waals surface area contributed by atoms with Gasteiger partial charge in [0.25, 0.3) is 0 Å². The van der Waals surface area contributed by atoms with Crippen molar-refractivity contribution in [2.75, 3.05) is 37.5 Å². The molecule has 0 radical (unpaired) electrons. The molecule has 1 aromatic heterocycles. The zero-order chi connectivity index (χ0) is 12.7. The van der Waals surface area contributed by atoms with Gasteiger partial charge in [0.2, 0.25) is 0 Å². The summed E-state index contributed by atoms with van der Waals surface area (Å²) in [6, 6.07) is 4.48. The standard InChI is InChI=1S/C13H23N3S/c1-11(14-2)12-7-5-8-15-13(12)16(3)9-6-10-17-4/h5,7-8,11,14H,6,9-10H2,1-4H3. The van der Waals surface area contributed by atoms with Crippen molar-refractivity contribution in [1.29, 1.82) is 0 Å². The Morgan fingerprint density at radius 3 is 2.94 bits per heavy atom. The summed E-state index contributed by atoms with van der Waals surface area (Å²) in [5.74, 6) is 2.30. The van der Waals surface area contributed by atoms with Gasteiger partial charge in [-0.2, -0.15) is 11.8 Å². The Balaban J connectivity index is 2.74. The second kappa shape index (κ2) is 7.56. The van der Waals surface area contributed by atoms with E-state index in [9.17, 15) is 0 Å². The topological polar surface area (TPSA) is 28.2 Å². The van der Waals surface area contributed by atoms with E-state index in [0.29, 0.717) is 6.04 Å². The molecule has 1 atom stereocenters. The number of hydrogen-bond acceptors (Lipinski definition) is 4. The SMILES string of the molecule is CNC(C)c1cccnc1N(C)CCCSC. The van der Waals surface area contributed by atoms with Gasteiger partial charge in [0.15, 0.2) is 0 Å². The second-order valence-electron chi connectivity index (χ2n) is 4.19. The molecule has 0 aliphatic heterocycles. The van der Waals surface area contributed by atoms with Crippen molar-refractivity contribution in [2.24, 2.45) is 0 Å².